The van der Waals surface area contributed by atoms with Gasteiger partial charge in [0.25, 0.3) is 8.53 Å². The van der Waals surface area contributed by atoms with Crippen LogP contribution in [0.3, 0.4) is 0 Å². The number of hydrogen-bond acceptors (Lipinski definition) is 12. The number of rotatable bonds is 22. The van der Waals surface area contributed by atoms with Crippen LogP contribution in [-0.4, -0.2) is 196 Å². The average molecular weight is 1220 g/mol. The first-order chi connectivity index (χ1) is 35.0. The van der Waals surface area contributed by atoms with Crippen LogP contribution >= 0.6 is 29.6 Å². The van der Waals surface area contributed by atoms with Crippen molar-refractivity contribution in [1.82, 2.24) is 4.67 Å². The lowest BCUT2D eigenvalue weighted by atomic mass is 9.72. The molecule has 0 aromatic carbocycles. The average Bonchev–Trinajstić information content (AvgIpc) is 3.95. The predicted molar refractivity (Wildman–Crippen MR) is 354 cm³/mol. The lowest BCUT2D eigenvalue weighted by Gasteiger charge is -2.52. The van der Waals surface area contributed by atoms with E-state index in [1.165, 1.54) is 0 Å². The molecule has 478 valence electrons. The molecule has 80 heavy (non-hydrogen) atoms. The fourth-order valence-corrected chi connectivity index (χ4v) is 18.8. The van der Waals surface area contributed by atoms with E-state index in [9.17, 15) is 5.11 Å². The first-order valence-electron chi connectivity index (χ1n) is 29.1. The van der Waals surface area contributed by atoms with Gasteiger partial charge in [0.2, 0.25) is 6.54 Å². The van der Waals surface area contributed by atoms with E-state index in [0.717, 1.165) is 0 Å². The second kappa shape index (κ2) is 30.0. The molecule has 4 heterocycles. The highest BCUT2D eigenvalue weighted by Crippen LogP contribution is 2.65. The molecule has 4 saturated heterocycles. The van der Waals surface area contributed by atoms with Crippen molar-refractivity contribution in [2.45, 2.75) is 288 Å². The summed E-state index contributed by atoms with van der Waals surface area (Å²) in [5.41, 5.74) is -1.72. The minimum atomic E-state index is -2.48. The third kappa shape index (κ3) is 18.2. The van der Waals surface area contributed by atoms with E-state index in [1.807, 2.05) is 13.6 Å². The van der Waals surface area contributed by atoms with Crippen LogP contribution in [0.2, 0.25) is 0 Å². The first kappa shape index (κ1) is 80.3. The molecule has 4 fully saturated rings. The zero-order valence-electron chi connectivity index (χ0n) is 55.6. The Hall–Kier alpha value is 0.340. The molecule has 4 aliphatic rings. The molecule has 4 rings (SSSR count). The molecule has 6 unspecified atom stereocenters. The molecule has 1 N–H and O–H groups in total. The van der Waals surface area contributed by atoms with Gasteiger partial charge in [0.1, 0.15) is 26.2 Å². The fourth-order valence-electron chi connectivity index (χ4n) is 11.6. The van der Waals surface area contributed by atoms with Gasteiger partial charge in [-0.25, -0.2) is 11.2 Å². The van der Waals surface area contributed by atoms with E-state index in [0.29, 0.717) is 25.0 Å². The maximum atomic E-state index is 9.85. The van der Waals surface area contributed by atoms with Gasteiger partial charge in [-0.15, -0.1) is 26.4 Å². The zero-order chi connectivity index (χ0) is 61.2. The summed E-state index contributed by atoms with van der Waals surface area (Å²) in [6.07, 6.45) is 13.4. The van der Waals surface area contributed by atoms with Crippen molar-refractivity contribution in [2.75, 3.05) is 60.7 Å². The number of methoxy groups -OCH3 is 2. The summed E-state index contributed by atoms with van der Waals surface area (Å²) in [5, 5.41) is 9.86. The van der Waals surface area contributed by atoms with E-state index in [-0.39, 0.29) is 133 Å². The highest BCUT2D eigenvalue weighted by molar-refractivity contribution is 7.74. The molecule has 13 nitrogen and oxygen atoms in total. The Balaban J connectivity index is 0.00000125. The molecule has 0 aromatic heterocycles. The van der Waals surface area contributed by atoms with Crippen molar-refractivity contribution in [2.24, 2.45) is 34.5 Å². The zero-order valence-corrected chi connectivity index (χ0v) is 59.2. The summed E-state index contributed by atoms with van der Waals surface area (Å²) in [6, 6.07) is 0.559. The number of ether oxygens (including phenoxy) is 6. The quantitative estimate of drug-likeness (QED) is 0.0631. The summed E-state index contributed by atoms with van der Waals surface area (Å²) in [6.45, 7) is 68.4. The molecule has 18 atom stereocenters. The van der Waals surface area contributed by atoms with Gasteiger partial charge in [-0.2, -0.15) is 0 Å². The minimum Gasteiger partial charge on any atom is -0.388 e. The normalized spacial score (nSPS) is 33.0. The summed E-state index contributed by atoms with van der Waals surface area (Å²) in [7, 11) is -0.365. The molecule has 0 radical (unpaired) electrons. The Bertz CT molecular complexity index is 2070. The van der Waals surface area contributed by atoms with Crippen LogP contribution in [0.1, 0.15) is 181 Å². The van der Waals surface area contributed by atoms with Gasteiger partial charge < -0.3 is 56.5 Å². The van der Waals surface area contributed by atoms with Crippen LogP contribution in [-0.2, 0) is 46.5 Å². The Kier molecular flexibility index (Phi) is 30.2. The van der Waals surface area contributed by atoms with Crippen molar-refractivity contribution in [3.63, 3.8) is 0 Å². The molecular formula is C63H130N2O11P4. The van der Waals surface area contributed by atoms with E-state index in [2.05, 4.69) is 200 Å². The molecule has 0 bridgehead atoms. The van der Waals surface area contributed by atoms with Gasteiger partial charge in [-0.1, -0.05) is 104 Å². The first-order valence-corrected chi connectivity index (χ1v) is 38.2. The lowest BCUT2D eigenvalue weighted by Crippen LogP contribution is -2.52. The van der Waals surface area contributed by atoms with Gasteiger partial charge in [0, 0.05) is 67.5 Å². The largest absolute Gasteiger partial charge is 0.388 e. The van der Waals surface area contributed by atoms with E-state index >= 15 is 0 Å². The smallest absolute Gasteiger partial charge is 0.259 e. The molecule has 17 heteroatoms. The summed E-state index contributed by atoms with van der Waals surface area (Å²) in [5.74, 6) is 1.11. The minimum absolute atomic E-state index is 0. The Morgan fingerprint density at radius 2 is 0.887 bits per heavy atom. The van der Waals surface area contributed by atoms with E-state index in [4.69, 9.17) is 53.1 Å². The van der Waals surface area contributed by atoms with E-state index in [1.54, 1.807) is 28.1 Å². The third-order valence-corrected chi connectivity index (χ3v) is 30.7. The Morgan fingerprint density at radius 3 is 1.21 bits per heavy atom. The van der Waals surface area contributed by atoms with Crippen molar-refractivity contribution in [3.8, 4) is 0 Å². The second-order valence-corrected chi connectivity index (χ2v) is 41.6. The molecule has 0 aromatic rings. The highest BCUT2D eigenvalue weighted by atomic mass is 31.2. The number of aliphatic hydroxyl groups is 1. The Labute approximate surface area is 497 Å². The fraction of sp³-hybridized carbons (Fsp3) is 0.937. The molecule has 4 aliphatic heterocycles. The van der Waals surface area contributed by atoms with Crippen LogP contribution in [0.25, 0.3) is 4.85 Å². The molecule has 0 amide bonds. The van der Waals surface area contributed by atoms with Crippen LogP contribution in [0.5, 0.6) is 0 Å². The lowest BCUT2D eigenvalue weighted by molar-refractivity contribution is -0.114. The monoisotopic (exact) mass is 1210 g/mol. The highest BCUT2D eigenvalue weighted by Gasteiger charge is 2.59. The second-order valence-electron chi connectivity index (χ2n) is 28.8. The topological polar surface area (TPSA) is 120 Å². The number of hydrogen-bond donors (Lipinski definition) is 1. The molecular weight excluding hydrogens is 1080 g/mol. The Morgan fingerprint density at radius 1 is 0.562 bits per heavy atom. The van der Waals surface area contributed by atoms with Crippen LogP contribution in [0.15, 0.2) is 0 Å². The van der Waals surface area contributed by atoms with Gasteiger partial charge in [-0.3, -0.25) is 0 Å². The van der Waals surface area contributed by atoms with Crippen molar-refractivity contribution in [3.05, 3.63) is 11.4 Å². The van der Waals surface area contributed by atoms with Gasteiger partial charge in [0.05, 0.1) is 72.2 Å². The third-order valence-electron chi connectivity index (χ3n) is 19.8. The van der Waals surface area contributed by atoms with Gasteiger partial charge in [-0.05, 0) is 120 Å². The van der Waals surface area contributed by atoms with Crippen LogP contribution in [0.4, 0.5) is 0 Å². The van der Waals surface area contributed by atoms with Crippen LogP contribution < -0.4 is 0 Å². The van der Waals surface area contributed by atoms with E-state index < -0.39 is 40.8 Å². The molecule has 0 saturated carbocycles. The standard InChI is InChI=1S/C27H54O5P2.C24H48N2O3P2.C10H20O3.2CH4/c1-17-19(3)30-24(21(17)28-11)26(7,8)32-34(15,16)31-22-18(2)20(4)29-23(22)25(5,6)27(9,10)33(12,13)14;1-17(2)26(18(3)4)30(27-16-15-25-11)29-21-19(5)20(6)28-22(21)23(7,8)24(9,10)31(12,13)14;1-6-7(2)13-9(8(6)12-5)10(3,4)11;;/h17-24H,12,15H2,1-11,13-14,16H3;17-22H,12,15-16H2,1-10,13-14H3;6-9,11H,1-5H3;2*1H4/t17-,18-,19-,20-,21-,22-,23?,24?,34?;19-,20-,21-,22?,30?;6-,7-,8-,9?;;/m000../s1. The summed E-state index contributed by atoms with van der Waals surface area (Å²) < 4.78 is 65.3. The summed E-state index contributed by atoms with van der Waals surface area (Å²) >= 11 is 0. The van der Waals surface area contributed by atoms with Crippen molar-refractivity contribution >= 4 is 48.5 Å². The van der Waals surface area contributed by atoms with Gasteiger partial charge in [0.15, 0.2) is 0 Å². The molecule has 0 spiro atoms. The number of nitrogens with zero attached hydrogens (tertiary/aromatic N) is 2. The van der Waals surface area contributed by atoms with Crippen LogP contribution in [0, 0.1) is 41.1 Å². The summed E-state index contributed by atoms with van der Waals surface area (Å²) in [4.78, 5) is 3.46. The maximum Gasteiger partial charge on any atom is 0.259 e. The van der Waals surface area contributed by atoms with Gasteiger partial charge >= 0.3 is 0 Å². The van der Waals surface area contributed by atoms with Crippen molar-refractivity contribution < 1.29 is 51.6 Å². The molecule has 0 aliphatic carbocycles. The maximum absolute atomic E-state index is 9.85. The van der Waals surface area contributed by atoms with Crippen molar-refractivity contribution in [1.29, 1.82) is 0 Å². The predicted octanol–water partition coefficient (Wildman–Crippen LogP) is 15.5. The SMILES string of the molecule is C.C.C=P(C)(O[C@@H]1C(C(C)(C)C(C)(C)P(=C)(C)C)O[C@@H](C)[C@@H]1C)OC(C)(C)C1O[C@@H](C)[C@H](C)[C@@H]1OC.CO[C@@H]1C(C(C)(C)O)O[C@@H](C)[C@@H]1C.[C-]#[N+]CCOP(O[C@@H]1C(C(C)(C)C(C)(C)P(=C)(C)C)O[C@@H](C)[C@@H]1C)N(C(C)C)C(C)C.